The van der Waals surface area contributed by atoms with E-state index in [1.165, 1.54) is 39.8 Å². The number of aromatic nitrogens is 1. The van der Waals surface area contributed by atoms with Gasteiger partial charge in [-0.25, -0.2) is 0 Å². The second-order valence-electron chi connectivity index (χ2n) is 6.83. The van der Waals surface area contributed by atoms with Gasteiger partial charge in [0.1, 0.15) is 6.26 Å². The van der Waals surface area contributed by atoms with Gasteiger partial charge >= 0.3 is 0 Å². The van der Waals surface area contributed by atoms with Gasteiger partial charge in [-0.3, -0.25) is 9.78 Å². The molecule has 5 heteroatoms. The average molecular weight is 379 g/mol. The van der Waals surface area contributed by atoms with E-state index in [-0.39, 0.29) is 18.3 Å². The van der Waals surface area contributed by atoms with Crippen molar-refractivity contribution in [3.8, 4) is 0 Å². The van der Waals surface area contributed by atoms with Gasteiger partial charge in [0.05, 0.1) is 17.3 Å². The van der Waals surface area contributed by atoms with Crippen molar-refractivity contribution in [2.45, 2.75) is 19.9 Å². The predicted molar refractivity (Wildman–Crippen MR) is 108 cm³/mol. The summed E-state index contributed by atoms with van der Waals surface area (Å²) in [6.45, 7) is 3.42. The van der Waals surface area contributed by atoms with Crippen LogP contribution >= 0.6 is 12.4 Å². The van der Waals surface area contributed by atoms with Crippen LogP contribution in [-0.2, 0) is 13.0 Å². The number of halogens is 1. The number of pyridine rings is 1. The quantitative estimate of drug-likeness (QED) is 0.442. The third kappa shape index (κ3) is 2.77. The Bertz CT molecular complexity index is 1150. The standard InChI is InChI=1S/C22H18N2O2.ClH/c1-14-17-7-6-15-4-2-3-5-18(15)21(17)23-20-8-10-24(12-19(14)20)22(25)16-9-11-26-13-16;/h2-7,9,11,13H,8,10,12H2,1H3;1H. The largest absolute Gasteiger partial charge is 0.472 e. The number of rotatable bonds is 1. The van der Waals surface area contributed by atoms with Gasteiger partial charge in [-0.15, -0.1) is 12.4 Å². The van der Waals surface area contributed by atoms with Crippen molar-refractivity contribution in [1.29, 1.82) is 0 Å². The lowest BCUT2D eigenvalue weighted by atomic mass is 9.94. The van der Waals surface area contributed by atoms with E-state index >= 15 is 0 Å². The van der Waals surface area contributed by atoms with Crippen LogP contribution in [0.15, 0.2) is 59.4 Å². The zero-order valence-electron chi connectivity index (χ0n) is 14.9. The first-order valence-corrected chi connectivity index (χ1v) is 8.83. The molecule has 4 nitrogen and oxygen atoms in total. The van der Waals surface area contributed by atoms with Gasteiger partial charge in [-0.1, -0.05) is 36.4 Å². The maximum Gasteiger partial charge on any atom is 0.257 e. The fourth-order valence-corrected chi connectivity index (χ4v) is 3.93. The predicted octanol–water partition coefficient (Wildman–Crippen LogP) is 4.91. The van der Waals surface area contributed by atoms with Crippen LogP contribution in [0.1, 0.15) is 27.2 Å². The molecule has 1 amide bonds. The van der Waals surface area contributed by atoms with E-state index in [1.54, 1.807) is 6.07 Å². The Morgan fingerprint density at radius 2 is 1.96 bits per heavy atom. The molecule has 0 aliphatic carbocycles. The Morgan fingerprint density at radius 3 is 2.78 bits per heavy atom. The molecule has 5 rings (SSSR count). The highest BCUT2D eigenvalue weighted by Crippen LogP contribution is 2.32. The molecule has 0 saturated carbocycles. The van der Waals surface area contributed by atoms with Gasteiger partial charge < -0.3 is 9.32 Å². The van der Waals surface area contributed by atoms with Gasteiger partial charge in [0.2, 0.25) is 0 Å². The molecule has 0 unspecified atom stereocenters. The first-order valence-electron chi connectivity index (χ1n) is 8.83. The molecule has 3 heterocycles. The van der Waals surface area contributed by atoms with Crippen LogP contribution in [0.25, 0.3) is 21.7 Å². The van der Waals surface area contributed by atoms with Crippen LogP contribution in [-0.4, -0.2) is 22.3 Å². The summed E-state index contributed by atoms with van der Waals surface area (Å²) in [6, 6.07) is 14.4. The monoisotopic (exact) mass is 378 g/mol. The highest BCUT2D eigenvalue weighted by molar-refractivity contribution is 6.06. The Hall–Kier alpha value is -2.85. The number of benzene rings is 2. The van der Waals surface area contributed by atoms with Crippen LogP contribution in [0.5, 0.6) is 0 Å². The summed E-state index contributed by atoms with van der Waals surface area (Å²) in [5.74, 6) is 0.0161. The summed E-state index contributed by atoms with van der Waals surface area (Å²) >= 11 is 0. The van der Waals surface area contributed by atoms with Gasteiger partial charge in [0, 0.05) is 36.0 Å². The third-order valence-corrected chi connectivity index (χ3v) is 5.38. The zero-order chi connectivity index (χ0) is 17.7. The molecule has 4 aromatic rings. The molecular weight excluding hydrogens is 360 g/mol. The third-order valence-electron chi connectivity index (χ3n) is 5.38. The number of hydrogen-bond acceptors (Lipinski definition) is 3. The van der Waals surface area contributed by atoms with Crippen molar-refractivity contribution < 1.29 is 9.21 Å². The molecular formula is C22H19ClN2O2. The van der Waals surface area contributed by atoms with Crippen molar-refractivity contribution in [2.24, 2.45) is 0 Å². The molecule has 27 heavy (non-hydrogen) atoms. The van der Waals surface area contributed by atoms with Gasteiger partial charge in [0.15, 0.2) is 0 Å². The van der Waals surface area contributed by atoms with E-state index in [2.05, 4.69) is 43.3 Å². The number of furan rings is 1. The fraction of sp³-hybridized carbons (Fsp3) is 0.182. The molecule has 0 radical (unpaired) electrons. The fourth-order valence-electron chi connectivity index (χ4n) is 3.93. The van der Waals surface area contributed by atoms with Crippen LogP contribution in [0.3, 0.4) is 0 Å². The van der Waals surface area contributed by atoms with Crippen molar-refractivity contribution in [1.82, 2.24) is 9.88 Å². The Labute approximate surface area is 163 Å². The van der Waals surface area contributed by atoms with Crippen molar-refractivity contribution in [3.05, 3.63) is 77.4 Å². The summed E-state index contributed by atoms with van der Waals surface area (Å²) in [5, 5.41) is 3.56. The lowest BCUT2D eigenvalue weighted by Gasteiger charge is -2.29. The maximum atomic E-state index is 12.7. The SMILES string of the molecule is Cc1c2c(nc3c1ccc1ccccc13)CCN(C(=O)c1ccoc1)C2.Cl. The topological polar surface area (TPSA) is 46.3 Å². The van der Waals surface area contributed by atoms with Crippen LogP contribution in [0, 0.1) is 6.92 Å². The van der Waals surface area contributed by atoms with E-state index in [1.807, 2.05) is 4.90 Å². The number of fused-ring (bicyclic) bond motifs is 4. The summed E-state index contributed by atoms with van der Waals surface area (Å²) in [7, 11) is 0. The van der Waals surface area contributed by atoms with Crippen molar-refractivity contribution >= 4 is 40.0 Å². The van der Waals surface area contributed by atoms with Gasteiger partial charge in [0.25, 0.3) is 5.91 Å². The zero-order valence-corrected chi connectivity index (χ0v) is 15.8. The minimum atomic E-state index is 0. The molecule has 0 spiro atoms. The van der Waals surface area contributed by atoms with Crippen LogP contribution in [0.4, 0.5) is 0 Å². The normalized spacial score (nSPS) is 13.4. The van der Waals surface area contributed by atoms with E-state index in [0.717, 1.165) is 17.6 Å². The van der Waals surface area contributed by atoms with Crippen molar-refractivity contribution in [3.63, 3.8) is 0 Å². The minimum Gasteiger partial charge on any atom is -0.472 e. The number of carbonyl (C=O) groups excluding carboxylic acids is 1. The first-order chi connectivity index (χ1) is 12.7. The number of amides is 1. The van der Waals surface area contributed by atoms with Crippen LogP contribution < -0.4 is 0 Å². The second-order valence-corrected chi connectivity index (χ2v) is 6.83. The molecule has 2 aromatic heterocycles. The number of aryl methyl sites for hydroxylation is 1. The highest BCUT2D eigenvalue weighted by atomic mass is 35.5. The minimum absolute atomic E-state index is 0. The molecule has 1 aliphatic heterocycles. The number of nitrogens with zero attached hydrogens (tertiary/aromatic N) is 2. The van der Waals surface area contributed by atoms with Gasteiger partial charge in [-0.05, 0) is 29.5 Å². The molecule has 136 valence electrons. The summed E-state index contributed by atoms with van der Waals surface area (Å²) in [4.78, 5) is 19.6. The first kappa shape index (κ1) is 17.6. The lowest BCUT2D eigenvalue weighted by Crippen LogP contribution is -2.36. The summed E-state index contributed by atoms with van der Waals surface area (Å²) in [5.41, 5.74) is 5.18. The molecule has 1 aliphatic rings. The number of carbonyl (C=O) groups is 1. The lowest BCUT2D eigenvalue weighted by molar-refractivity contribution is 0.0732. The molecule has 0 atom stereocenters. The van der Waals surface area contributed by atoms with Crippen molar-refractivity contribution in [2.75, 3.05) is 6.54 Å². The molecule has 0 bridgehead atoms. The summed E-state index contributed by atoms with van der Waals surface area (Å²) in [6.07, 6.45) is 3.82. The van der Waals surface area contributed by atoms with E-state index in [4.69, 9.17) is 9.40 Å². The molecule has 0 N–H and O–H groups in total. The molecule has 2 aromatic carbocycles. The average Bonchev–Trinajstić information content (AvgIpc) is 3.22. The smallest absolute Gasteiger partial charge is 0.257 e. The highest BCUT2D eigenvalue weighted by Gasteiger charge is 2.25. The Morgan fingerprint density at radius 1 is 1.11 bits per heavy atom. The molecule has 0 fully saturated rings. The Kier molecular flexibility index (Phi) is 4.36. The summed E-state index contributed by atoms with van der Waals surface area (Å²) < 4.78 is 5.06. The van der Waals surface area contributed by atoms with Gasteiger partial charge in [-0.2, -0.15) is 0 Å². The number of hydrogen-bond donors (Lipinski definition) is 0. The maximum absolute atomic E-state index is 12.7. The van der Waals surface area contributed by atoms with E-state index in [0.29, 0.717) is 18.7 Å². The Balaban J connectivity index is 0.00000180. The second kappa shape index (κ2) is 6.71. The molecule has 0 saturated heterocycles. The van der Waals surface area contributed by atoms with E-state index < -0.39 is 0 Å². The van der Waals surface area contributed by atoms with Crippen LogP contribution in [0.2, 0.25) is 0 Å². The van der Waals surface area contributed by atoms with E-state index in [9.17, 15) is 4.79 Å².